The molecule has 0 aliphatic carbocycles. The predicted octanol–water partition coefficient (Wildman–Crippen LogP) is 4.54. The number of hydrogen-bond acceptors (Lipinski definition) is 1. The van der Waals surface area contributed by atoms with Crippen molar-refractivity contribution >= 4 is 0 Å². The van der Waals surface area contributed by atoms with Gasteiger partial charge < -0.3 is 5.73 Å². The molecule has 0 saturated heterocycles. The monoisotopic (exact) mass is 201 g/mol. The molecule has 88 valence electrons. The van der Waals surface area contributed by atoms with Crippen molar-refractivity contribution in [1.29, 1.82) is 0 Å². The van der Waals surface area contributed by atoms with Crippen molar-refractivity contribution < 1.29 is 0 Å². The fraction of sp³-hybridized carbons (Fsp3) is 0.692. The van der Waals surface area contributed by atoms with Crippen molar-refractivity contribution in [3.63, 3.8) is 0 Å². The molecule has 0 aromatic heterocycles. The Bertz CT molecular complexity index is 78.7. The average molecular weight is 201 g/mol. The molecule has 0 aromatic rings. The minimum absolute atomic E-state index is 0.333. The van der Waals surface area contributed by atoms with E-state index >= 15 is 0 Å². The molecular weight excluding hydrogens is 170 g/mol. The van der Waals surface area contributed by atoms with Crippen LogP contribution in [-0.2, 0) is 0 Å². The van der Waals surface area contributed by atoms with E-state index < -0.39 is 0 Å². The van der Waals surface area contributed by atoms with Crippen LogP contribution in [0.3, 0.4) is 0 Å². The molecule has 0 atom stereocenters. The molecule has 0 radical (unpaired) electrons. The quantitative estimate of drug-likeness (QED) is 0.619. The highest BCUT2D eigenvalue weighted by Crippen LogP contribution is 1.71. The van der Waals surface area contributed by atoms with E-state index in [-0.39, 0.29) is 0 Å². The Kier molecular flexibility index (Phi) is 65.4. The van der Waals surface area contributed by atoms with Gasteiger partial charge in [-0.25, -0.2) is 0 Å². The molecule has 14 heavy (non-hydrogen) atoms. The molecule has 0 aliphatic rings. The van der Waals surface area contributed by atoms with E-state index in [0.29, 0.717) is 6.04 Å². The molecule has 0 heterocycles. The van der Waals surface area contributed by atoms with Gasteiger partial charge in [-0.3, -0.25) is 0 Å². The Morgan fingerprint density at radius 1 is 0.786 bits per heavy atom. The van der Waals surface area contributed by atoms with E-state index in [4.69, 9.17) is 5.73 Å². The molecule has 0 spiro atoms. The Morgan fingerprint density at radius 3 is 1.00 bits per heavy atom. The van der Waals surface area contributed by atoms with Crippen molar-refractivity contribution in [2.24, 2.45) is 5.73 Å². The lowest BCUT2D eigenvalue weighted by Crippen LogP contribution is -2.06. The van der Waals surface area contributed by atoms with Crippen LogP contribution in [0.2, 0.25) is 0 Å². The number of rotatable bonds is 1. The van der Waals surface area contributed by atoms with Crippen LogP contribution in [0.1, 0.15) is 55.4 Å². The van der Waals surface area contributed by atoms with Gasteiger partial charge >= 0.3 is 0 Å². The van der Waals surface area contributed by atoms with Crippen molar-refractivity contribution in [2.45, 2.75) is 61.4 Å². The molecule has 1 heteroatoms. The number of nitrogens with two attached hydrogens (primary N) is 1. The normalized spacial score (nSPS) is 8.43. The highest BCUT2D eigenvalue weighted by Gasteiger charge is 1.67. The van der Waals surface area contributed by atoms with E-state index in [9.17, 15) is 0 Å². The predicted molar refractivity (Wildman–Crippen MR) is 71.6 cm³/mol. The smallest absolute Gasteiger partial charge is 0.00179 e. The van der Waals surface area contributed by atoms with Crippen LogP contribution in [0.25, 0.3) is 0 Å². The summed E-state index contributed by atoms with van der Waals surface area (Å²) in [6.45, 7) is 15.9. The molecule has 0 aliphatic heterocycles. The van der Waals surface area contributed by atoms with E-state index in [2.05, 4.69) is 0 Å². The summed E-state index contributed by atoms with van der Waals surface area (Å²) in [4.78, 5) is 0. The summed E-state index contributed by atoms with van der Waals surface area (Å²) in [7, 11) is 0. The second kappa shape index (κ2) is 39.3. The second-order valence-corrected chi connectivity index (χ2v) is 2.30. The van der Waals surface area contributed by atoms with Gasteiger partial charge in [0.15, 0.2) is 0 Å². The average Bonchev–Trinajstić information content (AvgIpc) is 2.20. The minimum atomic E-state index is 0.333. The van der Waals surface area contributed by atoms with E-state index in [0.717, 1.165) is 0 Å². The maximum absolute atomic E-state index is 5.11. The summed E-state index contributed by atoms with van der Waals surface area (Å²) in [5, 5.41) is 0. The van der Waals surface area contributed by atoms with Gasteiger partial charge in [0, 0.05) is 0 Å². The molecule has 0 fully saturated rings. The molecular formula is C13H31N. The number of allylic oxidation sites excluding steroid dienone is 4. The SMILES string of the molecule is C/C=C\C=C/C.CC.CC.CC(C)N. The first-order chi connectivity index (χ1) is 6.65. The molecule has 2 N–H and O–H groups in total. The third-order valence-electron chi connectivity index (χ3n) is 0.496. The Morgan fingerprint density at radius 2 is 0.929 bits per heavy atom. The molecule has 0 unspecified atom stereocenters. The van der Waals surface area contributed by atoms with E-state index in [1.165, 1.54) is 0 Å². The summed E-state index contributed by atoms with van der Waals surface area (Å²) < 4.78 is 0. The highest BCUT2D eigenvalue weighted by molar-refractivity contribution is 4.98. The number of hydrogen-bond donors (Lipinski definition) is 1. The van der Waals surface area contributed by atoms with Crippen LogP contribution in [0, 0.1) is 0 Å². The molecule has 1 nitrogen and oxygen atoms in total. The zero-order chi connectivity index (χ0) is 12.4. The topological polar surface area (TPSA) is 26.0 Å². The Labute approximate surface area is 92.1 Å². The first kappa shape index (κ1) is 23.3. The molecule has 0 saturated carbocycles. The van der Waals surface area contributed by atoms with Gasteiger partial charge in [0.2, 0.25) is 0 Å². The minimum Gasteiger partial charge on any atom is -0.328 e. The fourth-order valence-electron chi connectivity index (χ4n) is 0.222. The molecule has 0 amide bonds. The van der Waals surface area contributed by atoms with Crippen molar-refractivity contribution in [2.75, 3.05) is 0 Å². The van der Waals surface area contributed by atoms with Gasteiger partial charge in [-0.15, -0.1) is 0 Å². The van der Waals surface area contributed by atoms with E-state index in [1.807, 2.05) is 79.7 Å². The second-order valence-electron chi connectivity index (χ2n) is 2.30. The summed E-state index contributed by atoms with van der Waals surface area (Å²) in [6.07, 6.45) is 8.00. The maximum Gasteiger partial charge on any atom is -0.00179 e. The highest BCUT2D eigenvalue weighted by atomic mass is 14.6. The van der Waals surface area contributed by atoms with Gasteiger partial charge in [0.25, 0.3) is 0 Å². The lowest BCUT2D eigenvalue weighted by atomic mass is 10.5. The Balaban J connectivity index is -0.0000000546. The standard InChI is InChI=1S/C6H10.C3H9N.2C2H6/c1-3-5-6-4-2;1-3(2)4;2*1-2/h3-6H,1-2H3;3H,4H2,1-2H3;2*1-2H3/b5-3-,6-4-;;;. The summed E-state index contributed by atoms with van der Waals surface area (Å²) in [6, 6.07) is 0.333. The van der Waals surface area contributed by atoms with Gasteiger partial charge in [0.05, 0.1) is 0 Å². The Hall–Kier alpha value is -0.560. The van der Waals surface area contributed by atoms with Crippen LogP contribution < -0.4 is 5.73 Å². The first-order valence-corrected chi connectivity index (χ1v) is 5.64. The van der Waals surface area contributed by atoms with Crippen LogP contribution in [0.15, 0.2) is 24.3 Å². The van der Waals surface area contributed by atoms with Crippen LogP contribution in [0.4, 0.5) is 0 Å². The van der Waals surface area contributed by atoms with Crippen LogP contribution in [-0.4, -0.2) is 6.04 Å². The van der Waals surface area contributed by atoms with Gasteiger partial charge in [-0.2, -0.15) is 0 Å². The van der Waals surface area contributed by atoms with Gasteiger partial charge in [0.1, 0.15) is 0 Å². The molecule has 0 bridgehead atoms. The van der Waals surface area contributed by atoms with Crippen LogP contribution in [0.5, 0.6) is 0 Å². The molecule has 0 rings (SSSR count). The summed E-state index contributed by atoms with van der Waals surface area (Å²) in [5.74, 6) is 0. The summed E-state index contributed by atoms with van der Waals surface area (Å²) >= 11 is 0. The zero-order valence-electron chi connectivity index (χ0n) is 11.5. The fourth-order valence-corrected chi connectivity index (χ4v) is 0.222. The first-order valence-electron chi connectivity index (χ1n) is 5.64. The molecule has 0 aromatic carbocycles. The zero-order valence-corrected chi connectivity index (χ0v) is 11.5. The largest absolute Gasteiger partial charge is 0.328 e. The van der Waals surface area contributed by atoms with Gasteiger partial charge in [-0.1, -0.05) is 65.8 Å². The third-order valence-corrected chi connectivity index (χ3v) is 0.496. The van der Waals surface area contributed by atoms with Gasteiger partial charge in [-0.05, 0) is 19.9 Å². The van der Waals surface area contributed by atoms with Crippen LogP contribution >= 0.6 is 0 Å². The lowest BCUT2D eigenvalue weighted by molar-refractivity contribution is 0.834. The summed E-state index contributed by atoms with van der Waals surface area (Å²) in [5.41, 5.74) is 5.11. The third kappa shape index (κ3) is 209. The lowest BCUT2D eigenvalue weighted by Gasteiger charge is -1.81. The van der Waals surface area contributed by atoms with Crippen molar-refractivity contribution in [1.82, 2.24) is 0 Å². The maximum atomic E-state index is 5.11. The van der Waals surface area contributed by atoms with E-state index in [1.54, 1.807) is 0 Å². The van der Waals surface area contributed by atoms with Crippen molar-refractivity contribution in [3.8, 4) is 0 Å². The van der Waals surface area contributed by atoms with Crippen molar-refractivity contribution in [3.05, 3.63) is 24.3 Å².